The number of rotatable bonds is 5. The lowest BCUT2D eigenvalue weighted by molar-refractivity contribution is 0.0996. The van der Waals surface area contributed by atoms with Crippen molar-refractivity contribution in [2.75, 3.05) is 18.0 Å². The van der Waals surface area contributed by atoms with Crippen LogP contribution in [0.2, 0.25) is 0 Å². The van der Waals surface area contributed by atoms with E-state index >= 15 is 0 Å². The minimum atomic E-state index is -0.646. The van der Waals surface area contributed by atoms with Gasteiger partial charge in [0.25, 0.3) is 5.91 Å². The van der Waals surface area contributed by atoms with Crippen molar-refractivity contribution in [3.8, 4) is 0 Å². The van der Waals surface area contributed by atoms with Crippen LogP contribution in [-0.4, -0.2) is 24.1 Å². The van der Waals surface area contributed by atoms with E-state index in [9.17, 15) is 4.79 Å². The van der Waals surface area contributed by atoms with Gasteiger partial charge in [0, 0.05) is 30.2 Å². The molecule has 1 heterocycles. The molecule has 0 saturated carbocycles. The van der Waals surface area contributed by atoms with Gasteiger partial charge in [-0.2, -0.15) is 0 Å². The predicted molar refractivity (Wildman–Crippen MR) is 93.8 cm³/mol. The van der Waals surface area contributed by atoms with Crippen LogP contribution in [-0.2, 0) is 0 Å². The monoisotopic (exact) mass is 333 g/mol. The number of thiocarbonyl (C=S) groups is 1. The van der Waals surface area contributed by atoms with Gasteiger partial charge in [-0.3, -0.25) is 10.2 Å². The summed E-state index contributed by atoms with van der Waals surface area (Å²) in [4.78, 5) is 13.8. The van der Waals surface area contributed by atoms with Gasteiger partial charge in [0.2, 0.25) is 5.55 Å². The standard InChI is InChI=1S/C15H19N5O2S/c1-3-20(4-2)10-6-5-9-7-11(13(16)21)14(18-19-15(17)23)22-12(9)8-10/h5-8H,3-4H2,1-2H3,(H2,16,21)(H3,17,19,23)/b18-14-. The van der Waals surface area contributed by atoms with Crippen molar-refractivity contribution in [2.45, 2.75) is 13.8 Å². The van der Waals surface area contributed by atoms with E-state index in [4.69, 9.17) is 28.1 Å². The molecular formula is C15H19N5O2S. The topological polar surface area (TPSA) is 110 Å². The van der Waals surface area contributed by atoms with Gasteiger partial charge in [0.15, 0.2) is 5.11 Å². The van der Waals surface area contributed by atoms with E-state index in [2.05, 4.69) is 29.3 Å². The summed E-state index contributed by atoms with van der Waals surface area (Å²) in [6.07, 6.45) is 0. The number of hydrogen-bond donors (Lipinski definition) is 3. The lowest BCUT2D eigenvalue weighted by Crippen LogP contribution is -2.29. The van der Waals surface area contributed by atoms with E-state index in [1.165, 1.54) is 0 Å². The van der Waals surface area contributed by atoms with Crippen molar-refractivity contribution in [3.63, 3.8) is 0 Å². The summed E-state index contributed by atoms with van der Waals surface area (Å²) >= 11 is 4.69. The first-order chi connectivity index (χ1) is 11.0. The highest BCUT2D eigenvalue weighted by Gasteiger charge is 2.11. The Morgan fingerprint density at radius 2 is 2.00 bits per heavy atom. The van der Waals surface area contributed by atoms with Crippen LogP contribution in [0.25, 0.3) is 11.0 Å². The molecular weight excluding hydrogens is 314 g/mol. The Hall–Kier alpha value is -2.61. The average molecular weight is 333 g/mol. The van der Waals surface area contributed by atoms with Crippen LogP contribution >= 0.6 is 12.2 Å². The number of carbonyl (C=O) groups excluding carboxylic acids is 1. The normalized spacial score (nSPS) is 11.5. The minimum Gasteiger partial charge on any atom is -0.436 e. The van der Waals surface area contributed by atoms with Gasteiger partial charge >= 0.3 is 0 Å². The van der Waals surface area contributed by atoms with Crippen LogP contribution in [0.4, 0.5) is 5.69 Å². The number of nitrogens with one attached hydrogen (secondary N) is 1. The van der Waals surface area contributed by atoms with Crippen molar-refractivity contribution < 1.29 is 9.21 Å². The summed E-state index contributed by atoms with van der Waals surface area (Å²) in [5.74, 6) is -0.646. The molecule has 5 N–H and O–H groups in total. The van der Waals surface area contributed by atoms with E-state index in [-0.39, 0.29) is 16.2 Å². The zero-order chi connectivity index (χ0) is 17.0. The first-order valence-corrected chi connectivity index (χ1v) is 7.58. The Balaban J connectivity index is 2.63. The van der Waals surface area contributed by atoms with Gasteiger partial charge in [-0.15, -0.1) is 5.10 Å². The molecule has 7 nitrogen and oxygen atoms in total. The van der Waals surface area contributed by atoms with Gasteiger partial charge in [-0.05, 0) is 44.3 Å². The first-order valence-electron chi connectivity index (χ1n) is 7.18. The smallest absolute Gasteiger partial charge is 0.254 e. The van der Waals surface area contributed by atoms with E-state index in [0.29, 0.717) is 5.58 Å². The van der Waals surface area contributed by atoms with Crippen LogP contribution in [0.5, 0.6) is 0 Å². The Kier molecular flexibility index (Phi) is 5.17. The Morgan fingerprint density at radius 1 is 1.30 bits per heavy atom. The fraction of sp³-hybridized carbons (Fsp3) is 0.267. The Labute approximate surface area is 138 Å². The fourth-order valence-electron chi connectivity index (χ4n) is 2.26. The molecule has 8 heteroatoms. The summed E-state index contributed by atoms with van der Waals surface area (Å²) < 4.78 is 5.71. The summed E-state index contributed by atoms with van der Waals surface area (Å²) in [7, 11) is 0. The maximum absolute atomic E-state index is 11.6. The lowest BCUT2D eigenvalue weighted by Gasteiger charge is -2.21. The molecule has 1 aromatic carbocycles. The summed E-state index contributed by atoms with van der Waals surface area (Å²) in [6.45, 7) is 5.91. The molecule has 0 atom stereocenters. The number of amides is 1. The van der Waals surface area contributed by atoms with Crippen molar-refractivity contribution in [2.24, 2.45) is 16.6 Å². The van der Waals surface area contributed by atoms with Gasteiger partial charge < -0.3 is 20.8 Å². The quantitative estimate of drug-likeness (QED) is 0.557. The molecule has 0 bridgehead atoms. The largest absolute Gasteiger partial charge is 0.436 e. The van der Waals surface area contributed by atoms with Crippen molar-refractivity contribution in [3.05, 3.63) is 35.4 Å². The Bertz CT molecular complexity index is 811. The second kappa shape index (κ2) is 7.10. The predicted octanol–water partition coefficient (Wildman–Crippen LogP) is 1.03. The van der Waals surface area contributed by atoms with Crippen LogP contribution in [0.1, 0.15) is 24.2 Å². The van der Waals surface area contributed by atoms with Gasteiger partial charge in [0.1, 0.15) is 11.1 Å². The number of anilines is 1. The third-order valence-corrected chi connectivity index (χ3v) is 3.49. The van der Waals surface area contributed by atoms with Crippen LogP contribution in [0, 0.1) is 0 Å². The second-order valence-electron chi connectivity index (χ2n) is 4.81. The Morgan fingerprint density at radius 3 is 2.57 bits per heavy atom. The highest BCUT2D eigenvalue weighted by molar-refractivity contribution is 7.80. The fourth-order valence-corrected chi connectivity index (χ4v) is 2.30. The van der Waals surface area contributed by atoms with Gasteiger partial charge in [-0.1, -0.05) is 0 Å². The SMILES string of the molecule is CCN(CC)c1ccc2cc(C(N)=O)/c(=N/NC(N)=S)oc2c1. The molecule has 0 aliphatic rings. The zero-order valence-electron chi connectivity index (χ0n) is 13.0. The van der Waals surface area contributed by atoms with E-state index in [0.717, 1.165) is 24.2 Å². The molecule has 0 saturated heterocycles. The molecule has 0 radical (unpaired) electrons. The highest BCUT2D eigenvalue weighted by atomic mass is 32.1. The van der Waals surface area contributed by atoms with Gasteiger partial charge in [0.05, 0.1) is 0 Å². The number of nitrogens with two attached hydrogens (primary N) is 2. The maximum atomic E-state index is 11.6. The molecule has 1 amide bonds. The van der Waals surface area contributed by atoms with E-state index in [1.807, 2.05) is 18.2 Å². The zero-order valence-corrected chi connectivity index (χ0v) is 13.8. The number of hydrogen-bond acceptors (Lipinski definition) is 5. The van der Waals surface area contributed by atoms with Crippen molar-refractivity contribution in [1.82, 2.24) is 5.43 Å². The maximum Gasteiger partial charge on any atom is 0.254 e. The average Bonchev–Trinajstić information content (AvgIpc) is 2.52. The molecule has 0 unspecified atom stereocenters. The third-order valence-electron chi connectivity index (χ3n) is 3.40. The number of primary amides is 1. The van der Waals surface area contributed by atoms with E-state index in [1.54, 1.807) is 6.07 Å². The minimum absolute atomic E-state index is 0.0346. The van der Waals surface area contributed by atoms with Crippen molar-refractivity contribution >= 4 is 39.9 Å². The molecule has 0 aliphatic carbocycles. The molecule has 23 heavy (non-hydrogen) atoms. The molecule has 0 fully saturated rings. The number of fused-ring (bicyclic) bond motifs is 1. The highest BCUT2D eigenvalue weighted by Crippen LogP contribution is 2.21. The van der Waals surface area contributed by atoms with Crippen molar-refractivity contribution in [1.29, 1.82) is 0 Å². The van der Waals surface area contributed by atoms with Crippen LogP contribution < -0.4 is 27.3 Å². The summed E-state index contributed by atoms with van der Waals surface area (Å²) in [5, 5.41) is 4.61. The molecule has 2 aromatic rings. The molecule has 0 spiro atoms. The van der Waals surface area contributed by atoms with Gasteiger partial charge in [-0.25, -0.2) is 0 Å². The first kappa shape index (κ1) is 16.8. The second-order valence-corrected chi connectivity index (χ2v) is 5.25. The number of nitrogens with zero attached hydrogens (tertiary/aromatic N) is 2. The lowest BCUT2D eigenvalue weighted by atomic mass is 10.1. The molecule has 2 rings (SSSR count). The molecule has 122 valence electrons. The van der Waals surface area contributed by atoms with Crippen LogP contribution in [0.3, 0.4) is 0 Å². The summed E-state index contributed by atoms with van der Waals surface area (Å²) in [5.41, 5.74) is 14.9. The summed E-state index contributed by atoms with van der Waals surface area (Å²) in [6, 6.07) is 7.38. The third kappa shape index (κ3) is 3.78. The molecule has 1 aromatic heterocycles. The number of carbonyl (C=O) groups is 1. The van der Waals surface area contributed by atoms with E-state index < -0.39 is 5.91 Å². The molecule has 0 aliphatic heterocycles. The van der Waals surface area contributed by atoms with Crippen LogP contribution in [0.15, 0.2) is 33.8 Å². The number of benzene rings is 1.